The average molecular weight is 102 g/mol. The second-order valence-corrected chi connectivity index (χ2v) is 1.61. The van der Waals surface area contributed by atoms with E-state index in [9.17, 15) is 0 Å². The molecule has 0 unspecified atom stereocenters. The van der Waals surface area contributed by atoms with Crippen LogP contribution in [0, 0.1) is 0 Å². The minimum atomic E-state index is 0.885. The van der Waals surface area contributed by atoms with Gasteiger partial charge in [-0.05, 0) is 13.8 Å². The van der Waals surface area contributed by atoms with Crippen LogP contribution in [0.25, 0.3) is 0 Å². The third-order valence-electron chi connectivity index (χ3n) is 0.742. The molecule has 0 amide bonds. The standard InChI is InChI=1S/C5H10S/c1-3-5(2)4-6/h3,6H,4H2,1-2H3. The van der Waals surface area contributed by atoms with E-state index in [0.717, 1.165) is 5.75 Å². The molecule has 0 aromatic carbocycles. The predicted octanol–water partition coefficient (Wildman–Crippen LogP) is 1.88. The lowest BCUT2D eigenvalue weighted by molar-refractivity contribution is 1.39. The molecule has 0 aliphatic rings. The monoisotopic (exact) mass is 102 g/mol. The summed E-state index contributed by atoms with van der Waals surface area (Å²) in [6.07, 6.45) is 2.06. The van der Waals surface area contributed by atoms with Crippen molar-refractivity contribution in [1.29, 1.82) is 0 Å². The molecular weight excluding hydrogens is 92.1 g/mol. The molecule has 1 heteroatoms. The highest BCUT2D eigenvalue weighted by Crippen LogP contribution is 1.91. The van der Waals surface area contributed by atoms with Crippen LogP contribution in [0.3, 0.4) is 0 Å². The summed E-state index contributed by atoms with van der Waals surface area (Å²) in [6, 6.07) is 0. The van der Waals surface area contributed by atoms with Crippen molar-refractivity contribution in [2.24, 2.45) is 0 Å². The van der Waals surface area contributed by atoms with Gasteiger partial charge in [0.2, 0.25) is 0 Å². The van der Waals surface area contributed by atoms with Gasteiger partial charge in [-0.25, -0.2) is 0 Å². The van der Waals surface area contributed by atoms with Gasteiger partial charge in [-0.1, -0.05) is 11.6 Å². The SMILES string of the molecule is CC=C(C)CS. The molecule has 0 aromatic heterocycles. The molecule has 0 bridgehead atoms. The van der Waals surface area contributed by atoms with Gasteiger partial charge < -0.3 is 0 Å². The molecule has 0 saturated carbocycles. The van der Waals surface area contributed by atoms with Crippen LogP contribution in [0.4, 0.5) is 0 Å². The fourth-order valence-electron chi connectivity index (χ4n) is 0.0913. The Labute approximate surface area is 44.7 Å². The largest absolute Gasteiger partial charge is 0.175 e. The van der Waals surface area contributed by atoms with Gasteiger partial charge in [-0.2, -0.15) is 12.6 Å². The summed E-state index contributed by atoms with van der Waals surface area (Å²) in [5.41, 5.74) is 1.33. The van der Waals surface area contributed by atoms with E-state index in [1.807, 2.05) is 6.92 Å². The average Bonchev–Trinajstić information content (AvgIpc) is 1.65. The summed E-state index contributed by atoms with van der Waals surface area (Å²) in [5.74, 6) is 0.885. The van der Waals surface area contributed by atoms with Crippen LogP contribution in [0.5, 0.6) is 0 Å². The highest BCUT2D eigenvalue weighted by molar-refractivity contribution is 7.80. The van der Waals surface area contributed by atoms with Crippen molar-refractivity contribution in [3.05, 3.63) is 11.6 Å². The number of rotatable bonds is 1. The van der Waals surface area contributed by atoms with Gasteiger partial charge >= 0.3 is 0 Å². The maximum atomic E-state index is 4.03. The molecule has 0 aromatic rings. The van der Waals surface area contributed by atoms with Crippen molar-refractivity contribution < 1.29 is 0 Å². The van der Waals surface area contributed by atoms with E-state index < -0.39 is 0 Å². The Balaban J connectivity index is 3.22. The van der Waals surface area contributed by atoms with Crippen LogP contribution in [0.15, 0.2) is 11.6 Å². The van der Waals surface area contributed by atoms with Gasteiger partial charge in [0, 0.05) is 5.75 Å². The molecule has 0 saturated heterocycles. The van der Waals surface area contributed by atoms with Gasteiger partial charge in [0.15, 0.2) is 0 Å². The van der Waals surface area contributed by atoms with Gasteiger partial charge in [0.05, 0.1) is 0 Å². The summed E-state index contributed by atoms with van der Waals surface area (Å²) < 4.78 is 0. The van der Waals surface area contributed by atoms with Crippen LogP contribution < -0.4 is 0 Å². The molecule has 0 heterocycles. The summed E-state index contributed by atoms with van der Waals surface area (Å²) in [4.78, 5) is 0. The lowest BCUT2D eigenvalue weighted by Crippen LogP contribution is -1.70. The molecule has 0 radical (unpaired) electrons. The van der Waals surface area contributed by atoms with Crippen LogP contribution in [-0.2, 0) is 0 Å². The number of allylic oxidation sites excluding steroid dienone is 1. The van der Waals surface area contributed by atoms with E-state index in [-0.39, 0.29) is 0 Å². The number of thiol groups is 1. The summed E-state index contributed by atoms with van der Waals surface area (Å²) in [6.45, 7) is 4.08. The van der Waals surface area contributed by atoms with Gasteiger partial charge in [0.1, 0.15) is 0 Å². The molecule has 0 fully saturated rings. The van der Waals surface area contributed by atoms with Crippen LogP contribution in [0.2, 0.25) is 0 Å². The first-order valence-electron chi connectivity index (χ1n) is 2.04. The minimum Gasteiger partial charge on any atom is -0.175 e. The van der Waals surface area contributed by atoms with Crippen molar-refractivity contribution in [3.8, 4) is 0 Å². The van der Waals surface area contributed by atoms with Crippen molar-refractivity contribution in [2.75, 3.05) is 5.75 Å². The first-order valence-corrected chi connectivity index (χ1v) is 2.67. The zero-order chi connectivity index (χ0) is 4.99. The Hall–Kier alpha value is 0.0900. The third kappa shape index (κ3) is 2.33. The van der Waals surface area contributed by atoms with Crippen LogP contribution in [-0.4, -0.2) is 5.75 Å². The first-order chi connectivity index (χ1) is 2.81. The highest BCUT2D eigenvalue weighted by atomic mass is 32.1. The Bertz CT molecular complexity index is 55.0. The Morgan fingerprint density at radius 2 is 2.33 bits per heavy atom. The summed E-state index contributed by atoms with van der Waals surface area (Å²) in [7, 11) is 0. The molecular formula is C5H10S. The van der Waals surface area contributed by atoms with E-state index in [1.54, 1.807) is 0 Å². The minimum absolute atomic E-state index is 0.885. The molecule has 6 heavy (non-hydrogen) atoms. The molecule has 0 aliphatic carbocycles. The van der Waals surface area contributed by atoms with Gasteiger partial charge in [-0.15, -0.1) is 0 Å². The molecule has 0 aliphatic heterocycles. The van der Waals surface area contributed by atoms with E-state index in [4.69, 9.17) is 0 Å². The first kappa shape index (κ1) is 6.09. The maximum absolute atomic E-state index is 4.03. The van der Waals surface area contributed by atoms with E-state index in [2.05, 4.69) is 25.6 Å². The molecule has 36 valence electrons. The zero-order valence-electron chi connectivity index (χ0n) is 4.23. The van der Waals surface area contributed by atoms with E-state index in [0.29, 0.717) is 0 Å². The fourth-order valence-corrected chi connectivity index (χ4v) is 0.274. The maximum Gasteiger partial charge on any atom is 0.0110 e. The molecule has 0 atom stereocenters. The Morgan fingerprint density at radius 1 is 1.83 bits per heavy atom. The lowest BCUT2D eigenvalue weighted by atomic mass is 10.3. The molecule has 0 spiro atoms. The van der Waals surface area contributed by atoms with Crippen molar-refractivity contribution in [3.63, 3.8) is 0 Å². The Kier molecular flexibility index (Phi) is 3.34. The van der Waals surface area contributed by atoms with E-state index >= 15 is 0 Å². The van der Waals surface area contributed by atoms with Crippen LogP contribution >= 0.6 is 12.6 Å². The normalized spacial score (nSPS) is 12.2. The number of hydrogen-bond acceptors (Lipinski definition) is 1. The number of hydrogen-bond donors (Lipinski definition) is 1. The van der Waals surface area contributed by atoms with Gasteiger partial charge in [-0.3, -0.25) is 0 Å². The van der Waals surface area contributed by atoms with E-state index in [1.165, 1.54) is 5.57 Å². The molecule has 0 nitrogen and oxygen atoms in total. The van der Waals surface area contributed by atoms with Crippen LogP contribution in [0.1, 0.15) is 13.8 Å². The Morgan fingerprint density at radius 3 is 2.33 bits per heavy atom. The zero-order valence-corrected chi connectivity index (χ0v) is 5.13. The fraction of sp³-hybridized carbons (Fsp3) is 0.600. The molecule has 0 N–H and O–H groups in total. The van der Waals surface area contributed by atoms with Gasteiger partial charge in [0.25, 0.3) is 0 Å². The highest BCUT2D eigenvalue weighted by Gasteiger charge is 1.73. The third-order valence-corrected chi connectivity index (χ3v) is 1.24. The second-order valence-electron chi connectivity index (χ2n) is 1.29. The lowest BCUT2D eigenvalue weighted by Gasteiger charge is -1.84. The predicted molar refractivity (Wildman–Crippen MR) is 33.3 cm³/mol. The van der Waals surface area contributed by atoms with Crippen molar-refractivity contribution in [2.45, 2.75) is 13.8 Å². The summed E-state index contributed by atoms with van der Waals surface area (Å²) in [5, 5.41) is 0. The topological polar surface area (TPSA) is 0 Å². The summed E-state index contributed by atoms with van der Waals surface area (Å²) >= 11 is 4.03. The smallest absolute Gasteiger partial charge is 0.0110 e. The second kappa shape index (κ2) is 3.29. The van der Waals surface area contributed by atoms with Crippen molar-refractivity contribution >= 4 is 12.6 Å². The molecule has 0 rings (SSSR count). The van der Waals surface area contributed by atoms with Crippen molar-refractivity contribution in [1.82, 2.24) is 0 Å². The quantitative estimate of drug-likeness (QED) is 0.379.